The van der Waals surface area contributed by atoms with Crippen molar-refractivity contribution in [3.63, 3.8) is 0 Å². The first-order valence-electron chi connectivity index (χ1n) is 6.08. The van der Waals surface area contributed by atoms with Gasteiger partial charge >= 0.3 is 6.16 Å². The molecule has 2 aromatic carbocycles. The van der Waals surface area contributed by atoms with Crippen molar-refractivity contribution in [1.29, 1.82) is 0 Å². The van der Waals surface area contributed by atoms with Gasteiger partial charge in [0.2, 0.25) is 0 Å². The molecule has 0 amide bonds. The molecule has 0 fully saturated rings. The SMILES string of the molecule is N/C(N=Nc1ccc(Cl)cc1)=N\OC(=O)Oc1ccccc1. The largest absolute Gasteiger partial charge is 0.540 e. The van der Waals surface area contributed by atoms with Crippen molar-refractivity contribution < 1.29 is 14.4 Å². The van der Waals surface area contributed by atoms with Crippen molar-refractivity contribution in [2.24, 2.45) is 21.1 Å². The van der Waals surface area contributed by atoms with Gasteiger partial charge in [-0.1, -0.05) is 29.8 Å². The van der Waals surface area contributed by atoms with Crippen LogP contribution in [0.1, 0.15) is 0 Å². The Bertz CT molecular complexity index is 687. The number of benzene rings is 2. The number of ether oxygens (including phenoxy) is 1. The van der Waals surface area contributed by atoms with Crippen LogP contribution in [-0.2, 0) is 4.84 Å². The number of oxime groups is 1. The number of azo groups is 1. The highest BCUT2D eigenvalue weighted by molar-refractivity contribution is 6.30. The van der Waals surface area contributed by atoms with Gasteiger partial charge in [0.15, 0.2) is 0 Å². The number of rotatable bonds is 3. The predicted molar refractivity (Wildman–Crippen MR) is 81.1 cm³/mol. The number of para-hydroxylation sites is 1. The van der Waals surface area contributed by atoms with E-state index in [0.717, 1.165) is 0 Å². The zero-order valence-electron chi connectivity index (χ0n) is 11.2. The molecule has 0 aromatic heterocycles. The zero-order chi connectivity index (χ0) is 15.8. The molecule has 0 bridgehead atoms. The Morgan fingerprint density at radius 2 is 1.73 bits per heavy atom. The maximum Gasteiger partial charge on any atom is 0.540 e. The topological polar surface area (TPSA) is 98.6 Å². The summed E-state index contributed by atoms with van der Waals surface area (Å²) in [6.45, 7) is 0. The second kappa shape index (κ2) is 7.75. The summed E-state index contributed by atoms with van der Waals surface area (Å²) in [5.74, 6) is -0.0102. The smallest absolute Gasteiger partial charge is 0.393 e. The Kier molecular flexibility index (Phi) is 5.44. The third-order valence-electron chi connectivity index (χ3n) is 2.25. The van der Waals surface area contributed by atoms with Gasteiger partial charge in [-0.3, -0.25) is 4.84 Å². The van der Waals surface area contributed by atoms with Gasteiger partial charge in [0.25, 0.3) is 5.96 Å². The van der Waals surface area contributed by atoms with Crippen LogP contribution in [0.2, 0.25) is 5.02 Å². The molecule has 0 saturated carbocycles. The maximum absolute atomic E-state index is 11.3. The van der Waals surface area contributed by atoms with Crippen molar-refractivity contribution in [1.82, 2.24) is 0 Å². The molecule has 0 aliphatic carbocycles. The van der Waals surface area contributed by atoms with Gasteiger partial charge in [-0.15, -0.1) is 10.2 Å². The minimum absolute atomic E-state index is 0.323. The highest BCUT2D eigenvalue weighted by Gasteiger charge is 2.05. The average Bonchev–Trinajstić information content (AvgIpc) is 2.53. The fourth-order valence-corrected chi connectivity index (χ4v) is 1.45. The van der Waals surface area contributed by atoms with Gasteiger partial charge in [-0.25, -0.2) is 4.79 Å². The Morgan fingerprint density at radius 1 is 1.05 bits per heavy atom. The zero-order valence-corrected chi connectivity index (χ0v) is 12.0. The molecule has 0 aliphatic rings. The normalized spacial score (nSPS) is 11.4. The molecular weight excluding hydrogens is 308 g/mol. The van der Waals surface area contributed by atoms with Gasteiger partial charge in [-0.05, 0) is 41.6 Å². The molecule has 2 aromatic rings. The highest BCUT2D eigenvalue weighted by atomic mass is 35.5. The predicted octanol–water partition coefficient (Wildman–Crippen LogP) is 3.87. The van der Waals surface area contributed by atoms with Gasteiger partial charge in [-0.2, -0.15) is 0 Å². The Labute approximate surface area is 131 Å². The van der Waals surface area contributed by atoms with Crippen LogP contribution >= 0.6 is 11.6 Å². The quantitative estimate of drug-likeness (QED) is 0.177. The van der Waals surface area contributed by atoms with Gasteiger partial charge in [0.1, 0.15) is 5.75 Å². The van der Waals surface area contributed by atoms with Crippen LogP contribution in [-0.4, -0.2) is 12.1 Å². The van der Waals surface area contributed by atoms with Crippen LogP contribution in [0.5, 0.6) is 5.75 Å². The number of nitrogens with two attached hydrogens (primary N) is 1. The third-order valence-corrected chi connectivity index (χ3v) is 2.50. The van der Waals surface area contributed by atoms with E-state index in [-0.39, 0.29) is 5.96 Å². The monoisotopic (exact) mass is 318 g/mol. The summed E-state index contributed by atoms with van der Waals surface area (Å²) >= 11 is 5.73. The highest BCUT2D eigenvalue weighted by Crippen LogP contribution is 2.16. The first-order chi connectivity index (χ1) is 10.6. The maximum atomic E-state index is 11.3. The van der Waals surface area contributed by atoms with Crippen LogP contribution in [0.3, 0.4) is 0 Å². The van der Waals surface area contributed by atoms with Gasteiger partial charge in [0, 0.05) is 5.02 Å². The molecule has 2 rings (SSSR count). The molecule has 8 heteroatoms. The van der Waals surface area contributed by atoms with E-state index in [1.54, 1.807) is 54.6 Å². The first kappa shape index (κ1) is 15.5. The van der Waals surface area contributed by atoms with Crippen molar-refractivity contribution >= 4 is 29.4 Å². The van der Waals surface area contributed by atoms with Crippen LogP contribution < -0.4 is 10.5 Å². The van der Waals surface area contributed by atoms with Crippen molar-refractivity contribution in [2.75, 3.05) is 0 Å². The molecule has 0 aliphatic heterocycles. The van der Waals surface area contributed by atoms with E-state index in [1.807, 2.05) is 0 Å². The molecule has 0 radical (unpaired) electrons. The number of hydrogen-bond donors (Lipinski definition) is 1. The molecule has 0 heterocycles. The Hall–Kier alpha value is -2.93. The standard InChI is InChI=1S/C14H11ClN4O3/c15-10-6-8-11(9-7-10)17-18-13(16)19-22-14(20)21-12-4-2-1-3-5-12/h1-9H,(H2,16,19). The molecule has 2 N–H and O–H groups in total. The Balaban J connectivity index is 1.86. The van der Waals surface area contributed by atoms with E-state index in [9.17, 15) is 4.79 Å². The molecule has 7 nitrogen and oxygen atoms in total. The van der Waals surface area contributed by atoms with E-state index in [1.165, 1.54) is 0 Å². The molecule has 112 valence electrons. The summed E-state index contributed by atoms with van der Waals surface area (Å²) in [4.78, 5) is 15.8. The fourth-order valence-electron chi connectivity index (χ4n) is 1.32. The lowest BCUT2D eigenvalue weighted by Crippen LogP contribution is -2.12. The molecule has 22 heavy (non-hydrogen) atoms. The van der Waals surface area contributed by atoms with Crippen LogP contribution in [0.25, 0.3) is 0 Å². The average molecular weight is 319 g/mol. The van der Waals surface area contributed by atoms with Crippen LogP contribution in [0.15, 0.2) is 70.0 Å². The number of carbonyl (C=O) groups excluding carboxylic acids is 1. The molecule has 0 spiro atoms. The molecule has 0 saturated heterocycles. The number of carbonyl (C=O) groups is 1. The molecule has 0 atom stereocenters. The first-order valence-corrected chi connectivity index (χ1v) is 6.46. The van der Waals surface area contributed by atoms with E-state index >= 15 is 0 Å². The molecular formula is C14H11ClN4O3. The van der Waals surface area contributed by atoms with E-state index in [2.05, 4.69) is 20.2 Å². The minimum atomic E-state index is -1.03. The van der Waals surface area contributed by atoms with Crippen molar-refractivity contribution in [3.05, 3.63) is 59.6 Å². The summed E-state index contributed by atoms with van der Waals surface area (Å²) in [7, 11) is 0. The van der Waals surface area contributed by atoms with Crippen LogP contribution in [0.4, 0.5) is 10.5 Å². The second-order valence-corrected chi connectivity index (χ2v) is 4.32. The lowest BCUT2D eigenvalue weighted by molar-refractivity contribution is 0.102. The van der Waals surface area contributed by atoms with E-state index < -0.39 is 6.16 Å². The number of halogens is 1. The summed E-state index contributed by atoms with van der Waals surface area (Å²) in [6, 6.07) is 15.0. The molecule has 0 unspecified atom stereocenters. The summed E-state index contributed by atoms with van der Waals surface area (Å²) < 4.78 is 4.83. The number of guanidine groups is 1. The van der Waals surface area contributed by atoms with Crippen LogP contribution in [0, 0.1) is 0 Å². The van der Waals surface area contributed by atoms with E-state index in [4.69, 9.17) is 22.1 Å². The summed E-state index contributed by atoms with van der Waals surface area (Å²) in [5, 5.41) is 11.2. The fraction of sp³-hybridized carbons (Fsp3) is 0. The third kappa shape index (κ3) is 5.22. The van der Waals surface area contributed by atoms with Crippen molar-refractivity contribution in [2.45, 2.75) is 0 Å². The summed E-state index contributed by atoms with van der Waals surface area (Å²) in [5.41, 5.74) is 5.95. The number of hydrogen-bond acceptors (Lipinski definition) is 5. The second-order valence-electron chi connectivity index (χ2n) is 3.88. The number of nitrogens with zero attached hydrogens (tertiary/aromatic N) is 3. The lowest BCUT2D eigenvalue weighted by atomic mass is 10.3. The lowest BCUT2D eigenvalue weighted by Gasteiger charge is -2.00. The summed E-state index contributed by atoms with van der Waals surface area (Å²) in [6.07, 6.45) is -1.03. The minimum Gasteiger partial charge on any atom is -0.393 e. The van der Waals surface area contributed by atoms with E-state index in [0.29, 0.717) is 16.5 Å². The van der Waals surface area contributed by atoms with Crippen molar-refractivity contribution in [3.8, 4) is 5.75 Å². The van der Waals surface area contributed by atoms with Gasteiger partial charge < -0.3 is 10.5 Å². The van der Waals surface area contributed by atoms with Gasteiger partial charge in [0.05, 0.1) is 5.69 Å². The Morgan fingerprint density at radius 3 is 2.41 bits per heavy atom.